The molecule has 5 heteroatoms. The molecule has 0 aliphatic carbocycles. The molecule has 0 fully saturated rings. The van der Waals surface area contributed by atoms with Crippen molar-refractivity contribution in [3.05, 3.63) is 47.8 Å². The summed E-state index contributed by atoms with van der Waals surface area (Å²) in [7, 11) is 0. The quantitative estimate of drug-likeness (QED) is 0.755. The fraction of sp³-hybridized carbons (Fsp3) is 0.167. The molecule has 0 aromatic carbocycles. The lowest BCUT2D eigenvalue weighted by Gasteiger charge is -2.13. The average Bonchev–Trinajstić information content (AvgIpc) is 2.97. The molecule has 0 spiro atoms. The molecule has 0 saturated heterocycles. The molecule has 0 unspecified atom stereocenters. The van der Waals surface area contributed by atoms with E-state index in [1.165, 1.54) is 0 Å². The van der Waals surface area contributed by atoms with Crippen LogP contribution in [0.2, 0.25) is 0 Å². The minimum absolute atomic E-state index is 0.262. The Morgan fingerprint density at radius 1 is 1.26 bits per heavy atom. The first kappa shape index (κ1) is 14.6. The summed E-state index contributed by atoms with van der Waals surface area (Å²) < 4.78 is 1.76. The Hall–Kier alpha value is -3.31. The van der Waals surface area contributed by atoms with E-state index in [1.54, 1.807) is 23.0 Å². The molecule has 0 bridgehead atoms. The zero-order valence-corrected chi connectivity index (χ0v) is 12.9. The smallest absolute Gasteiger partial charge is 0.101 e. The van der Waals surface area contributed by atoms with Crippen LogP contribution < -0.4 is 5.32 Å². The Morgan fingerprint density at radius 3 is 2.78 bits per heavy atom. The molecule has 3 heterocycles. The van der Waals surface area contributed by atoms with Gasteiger partial charge in [0.15, 0.2) is 0 Å². The summed E-state index contributed by atoms with van der Waals surface area (Å²) >= 11 is 0. The van der Waals surface area contributed by atoms with Gasteiger partial charge in [0, 0.05) is 12.2 Å². The minimum atomic E-state index is 0.262. The van der Waals surface area contributed by atoms with Gasteiger partial charge in [0.1, 0.15) is 6.07 Å². The third-order valence-electron chi connectivity index (χ3n) is 3.40. The summed E-state index contributed by atoms with van der Waals surface area (Å²) in [6.07, 6.45) is 8.76. The van der Waals surface area contributed by atoms with E-state index in [0.717, 1.165) is 28.2 Å². The van der Waals surface area contributed by atoms with E-state index in [-0.39, 0.29) is 6.04 Å². The molecule has 23 heavy (non-hydrogen) atoms. The van der Waals surface area contributed by atoms with E-state index in [9.17, 15) is 0 Å². The van der Waals surface area contributed by atoms with Crippen molar-refractivity contribution in [1.29, 1.82) is 5.26 Å². The lowest BCUT2D eigenvalue weighted by molar-refractivity contribution is 0.897. The van der Waals surface area contributed by atoms with Crippen molar-refractivity contribution in [2.45, 2.75) is 19.9 Å². The number of pyridine rings is 1. The van der Waals surface area contributed by atoms with Crippen molar-refractivity contribution in [3.8, 4) is 29.8 Å². The second-order valence-electron chi connectivity index (χ2n) is 5.47. The molecule has 3 rings (SSSR count). The first-order valence-corrected chi connectivity index (χ1v) is 7.24. The van der Waals surface area contributed by atoms with Crippen LogP contribution in [0.4, 0.5) is 5.69 Å². The van der Waals surface area contributed by atoms with Gasteiger partial charge < -0.3 is 5.32 Å². The number of terminal acetylenes is 1. The van der Waals surface area contributed by atoms with Crippen LogP contribution in [0.3, 0.4) is 0 Å². The van der Waals surface area contributed by atoms with Gasteiger partial charge in [-0.3, -0.25) is 4.98 Å². The lowest BCUT2D eigenvalue weighted by Crippen LogP contribution is -2.11. The van der Waals surface area contributed by atoms with Gasteiger partial charge in [-0.1, -0.05) is 5.92 Å². The van der Waals surface area contributed by atoms with Crippen LogP contribution in [0.1, 0.15) is 25.0 Å². The Labute approximate surface area is 134 Å². The number of nitriles is 1. The number of hydrogen-bond donors (Lipinski definition) is 1. The van der Waals surface area contributed by atoms with E-state index >= 15 is 0 Å². The van der Waals surface area contributed by atoms with Crippen LogP contribution in [0.15, 0.2) is 36.7 Å². The first-order chi connectivity index (χ1) is 11.1. The number of nitrogens with zero attached hydrogens (tertiary/aromatic N) is 4. The number of fused-ring (bicyclic) bond motifs is 1. The van der Waals surface area contributed by atoms with Crippen LogP contribution in [-0.4, -0.2) is 20.6 Å². The van der Waals surface area contributed by atoms with Crippen LogP contribution in [0.5, 0.6) is 0 Å². The van der Waals surface area contributed by atoms with Crippen molar-refractivity contribution in [2.75, 3.05) is 5.32 Å². The van der Waals surface area contributed by atoms with Gasteiger partial charge in [-0.2, -0.15) is 10.4 Å². The Bertz CT molecular complexity index is 954. The number of rotatable bonds is 3. The lowest BCUT2D eigenvalue weighted by atomic mass is 10.1. The molecule has 112 valence electrons. The van der Waals surface area contributed by atoms with Gasteiger partial charge in [0.2, 0.25) is 0 Å². The monoisotopic (exact) mass is 301 g/mol. The van der Waals surface area contributed by atoms with Gasteiger partial charge in [0.25, 0.3) is 0 Å². The van der Waals surface area contributed by atoms with E-state index in [0.29, 0.717) is 5.56 Å². The normalized spacial score (nSPS) is 10.5. The molecule has 1 N–H and O–H groups in total. The van der Waals surface area contributed by atoms with Crippen molar-refractivity contribution >= 4 is 11.2 Å². The summed E-state index contributed by atoms with van der Waals surface area (Å²) in [4.78, 5) is 4.44. The molecular weight excluding hydrogens is 286 g/mol. The summed E-state index contributed by atoms with van der Waals surface area (Å²) in [5.74, 6) is 2.64. The molecule has 0 radical (unpaired) electrons. The predicted molar refractivity (Wildman–Crippen MR) is 89.8 cm³/mol. The fourth-order valence-corrected chi connectivity index (χ4v) is 2.40. The van der Waals surface area contributed by atoms with Gasteiger partial charge in [-0.05, 0) is 38.1 Å². The maximum atomic E-state index is 8.96. The predicted octanol–water partition coefficient (Wildman–Crippen LogP) is 3.07. The summed E-state index contributed by atoms with van der Waals surface area (Å²) in [5.41, 5.74) is 4.59. The van der Waals surface area contributed by atoms with E-state index < -0.39 is 0 Å². The molecule has 3 aromatic rings. The molecular formula is C18H15N5. The van der Waals surface area contributed by atoms with Crippen molar-refractivity contribution in [2.24, 2.45) is 0 Å². The van der Waals surface area contributed by atoms with Gasteiger partial charge in [-0.25, -0.2) is 4.52 Å². The average molecular weight is 301 g/mol. The summed E-state index contributed by atoms with van der Waals surface area (Å²) in [6, 6.07) is 9.91. The van der Waals surface area contributed by atoms with E-state index in [4.69, 9.17) is 11.7 Å². The molecule has 5 nitrogen and oxygen atoms in total. The number of anilines is 1. The zero-order valence-electron chi connectivity index (χ0n) is 12.9. The first-order valence-electron chi connectivity index (χ1n) is 7.24. The van der Waals surface area contributed by atoms with E-state index in [1.807, 2.05) is 18.2 Å². The minimum Gasteiger partial charge on any atom is -0.382 e. The fourth-order valence-electron chi connectivity index (χ4n) is 2.40. The standard InChI is InChI=1S/C18H15N5/c1-4-14-11-20-17(8-16(14)22-12(2)3)18-6-5-15-7-13(9-19)10-21-23(15)18/h1,5-8,10-12H,2-3H3,(H,20,22). The van der Waals surface area contributed by atoms with Crippen LogP contribution in [0, 0.1) is 23.7 Å². The molecule has 0 aliphatic heterocycles. The molecule has 0 aliphatic rings. The molecule has 3 aromatic heterocycles. The number of aromatic nitrogens is 3. The van der Waals surface area contributed by atoms with Crippen molar-refractivity contribution in [3.63, 3.8) is 0 Å². The third-order valence-corrected chi connectivity index (χ3v) is 3.40. The second kappa shape index (κ2) is 5.82. The van der Waals surface area contributed by atoms with Gasteiger partial charge in [0.05, 0.1) is 39.9 Å². The maximum absolute atomic E-state index is 8.96. The number of nitrogens with one attached hydrogen (secondary N) is 1. The van der Waals surface area contributed by atoms with Crippen LogP contribution in [0.25, 0.3) is 16.9 Å². The largest absolute Gasteiger partial charge is 0.382 e. The second-order valence-corrected chi connectivity index (χ2v) is 5.47. The Morgan fingerprint density at radius 2 is 2.09 bits per heavy atom. The highest BCUT2D eigenvalue weighted by Gasteiger charge is 2.11. The van der Waals surface area contributed by atoms with E-state index in [2.05, 4.69) is 41.2 Å². The zero-order chi connectivity index (χ0) is 16.4. The molecule has 0 atom stereocenters. The Kier molecular flexibility index (Phi) is 3.70. The topological polar surface area (TPSA) is 66.0 Å². The Balaban J connectivity index is 2.12. The highest BCUT2D eigenvalue weighted by molar-refractivity contribution is 5.70. The van der Waals surface area contributed by atoms with Gasteiger partial charge >= 0.3 is 0 Å². The van der Waals surface area contributed by atoms with Gasteiger partial charge in [-0.15, -0.1) is 6.42 Å². The van der Waals surface area contributed by atoms with Crippen molar-refractivity contribution in [1.82, 2.24) is 14.6 Å². The van der Waals surface area contributed by atoms with Crippen LogP contribution in [-0.2, 0) is 0 Å². The third kappa shape index (κ3) is 2.73. The maximum Gasteiger partial charge on any atom is 0.101 e. The molecule has 0 saturated carbocycles. The number of hydrogen-bond acceptors (Lipinski definition) is 4. The van der Waals surface area contributed by atoms with Crippen molar-refractivity contribution < 1.29 is 0 Å². The summed E-state index contributed by atoms with van der Waals surface area (Å²) in [6.45, 7) is 4.11. The summed E-state index contributed by atoms with van der Waals surface area (Å²) in [5, 5.41) is 16.6. The van der Waals surface area contributed by atoms with Crippen LogP contribution >= 0.6 is 0 Å². The highest BCUT2D eigenvalue weighted by Crippen LogP contribution is 2.25. The highest BCUT2D eigenvalue weighted by atomic mass is 15.2. The SMILES string of the molecule is C#Cc1cnc(-c2ccc3cc(C#N)cnn23)cc1NC(C)C. The molecule has 0 amide bonds.